The minimum Gasteiger partial charge on any atom is -0.396 e. The second-order valence-electron chi connectivity index (χ2n) is 3.80. The smallest absolute Gasteiger partial charge is 0.328 e. The topological polar surface area (TPSA) is 18.5 Å². The Kier molecular flexibility index (Phi) is 10.3. The first-order valence-corrected chi connectivity index (χ1v) is 7.76. The average Bonchev–Trinajstić information content (AvgIpc) is 2.27. The van der Waals surface area contributed by atoms with Gasteiger partial charge < -0.3 is 8.85 Å². The standard InChI is InChI=1S/C12H26O2Si/c1-5-9-12(8-4)15(13-10-6-2)14-11-7-3/h8,12,15H,4-7,9-11H2,1-3H3. The van der Waals surface area contributed by atoms with E-state index in [1.54, 1.807) is 0 Å². The van der Waals surface area contributed by atoms with Crippen LogP contribution in [0.15, 0.2) is 12.7 Å². The molecule has 0 aromatic rings. The van der Waals surface area contributed by atoms with E-state index in [2.05, 4.69) is 27.4 Å². The lowest BCUT2D eigenvalue weighted by molar-refractivity contribution is 0.190. The highest BCUT2D eigenvalue weighted by atomic mass is 28.3. The molecule has 0 aromatic heterocycles. The molecule has 1 unspecified atom stereocenters. The van der Waals surface area contributed by atoms with Crippen LogP contribution in [0.3, 0.4) is 0 Å². The number of allylic oxidation sites excluding steroid dienone is 1. The molecule has 0 rings (SSSR count). The zero-order chi connectivity index (χ0) is 11.5. The lowest BCUT2D eigenvalue weighted by Crippen LogP contribution is -2.29. The maximum Gasteiger partial charge on any atom is 0.328 e. The van der Waals surface area contributed by atoms with Crippen molar-refractivity contribution in [3.05, 3.63) is 12.7 Å². The molecule has 0 heterocycles. The lowest BCUT2D eigenvalue weighted by atomic mass is 10.2. The SMILES string of the molecule is C=CC(CCC)[SiH](OCCC)OCCC. The summed E-state index contributed by atoms with van der Waals surface area (Å²) in [5.41, 5.74) is 0.466. The van der Waals surface area contributed by atoms with Gasteiger partial charge in [-0.15, -0.1) is 6.58 Å². The first kappa shape index (κ1) is 14.9. The van der Waals surface area contributed by atoms with Gasteiger partial charge in [-0.25, -0.2) is 0 Å². The van der Waals surface area contributed by atoms with E-state index in [1.165, 1.54) is 6.42 Å². The van der Waals surface area contributed by atoms with Crippen LogP contribution in [0, 0.1) is 0 Å². The Morgan fingerprint density at radius 3 is 1.93 bits per heavy atom. The van der Waals surface area contributed by atoms with Crippen molar-refractivity contribution in [3.63, 3.8) is 0 Å². The van der Waals surface area contributed by atoms with E-state index in [9.17, 15) is 0 Å². The highest BCUT2D eigenvalue weighted by Gasteiger charge is 2.22. The summed E-state index contributed by atoms with van der Waals surface area (Å²) in [5.74, 6) is 0. The van der Waals surface area contributed by atoms with Gasteiger partial charge in [0, 0.05) is 18.8 Å². The number of hydrogen-bond donors (Lipinski definition) is 0. The van der Waals surface area contributed by atoms with E-state index in [0.29, 0.717) is 5.54 Å². The van der Waals surface area contributed by atoms with Gasteiger partial charge in [0.2, 0.25) is 0 Å². The summed E-state index contributed by atoms with van der Waals surface area (Å²) in [6, 6.07) is 0. The van der Waals surface area contributed by atoms with Crippen molar-refractivity contribution in [2.24, 2.45) is 0 Å². The third-order valence-electron chi connectivity index (χ3n) is 2.25. The Hall–Kier alpha value is -0.123. The van der Waals surface area contributed by atoms with Crippen LogP contribution in [0.25, 0.3) is 0 Å². The zero-order valence-corrected chi connectivity index (χ0v) is 11.7. The van der Waals surface area contributed by atoms with Crippen molar-refractivity contribution in [3.8, 4) is 0 Å². The van der Waals surface area contributed by atoms with Crippen molar-refractivity contribution in [2.45, 2.75) is 52.0 Å². The minimum atomic E-state index is -1.52. The molecule has 0 aromatic carbocycles. The van der Waals surface area contributed by atoms with E-state index in [-0.39, 0.29) is 0 Å². The Balaban J connectivity index is 4.08. The molecule has 0 aliphatic rings. The van der Waals surface area contributed by atoms with E-state index < -0.39 is 9.28 Å². The molecule has 0 saturated carbocycles. The second-order valence-corrected chi connectivity index (χ2v) is 6.06. The van der Waals surface area contributed by atoms with Gasteiger partial charge >= 0.3 is 9.28 Å². The summed E-state index contributed by atoms with van der Waals surface area (Å²) in [5, 5.41) is 0. The molecule has 15 heavy (non-hydrogen) atoms. The van der Waals surface area contributed by atoms with E-state index >= 15 is 0 Å². The van der Waals surface area contributed by atoms with Gasteiger partial charge in [-0.1, -0.05) is 33.3 Å². The van der Waals surface area contributed by atoms with Gasteiger partial charge in [-0.3, -0.25) is 0 Å². The summed E-state index contributed by atoms with van der Waals surface area (Å²) in [4.78, 5) is 0. The second kappa shape index (κ2) is 10.4. The third-order valence-corrected chi connectivity index (χ3v) is 4.68. The summed E-state index contributed by atoms with van der Waals surface area (Å²) in [7, 11) is -1.52. The molecule has 0 aliphatic heterocycles. The van der Waals surface area contributed by atoms with Gasteiger partial charge in [0.1, 0.15) is 0 Å². The molecule has 0 bridgehead atoms. The van der Waals surface area contributed by atoms with E-state index in [1.807, 2.05) is 6.08 Å². The van der Waals surface area contributed by atoms with Gasteiger partial charge in [0.05, 0.1) is 0 Å². The molecule has 3 heteroatoms. The number of hydrogen-bond acceptors (Lipinski definition) is 2. The first-order chi connectivity index (χ1) is 7.29. The Bertz CT molecular complexity index is 143. The highest BCUT2D eigenvalue weighted by molar-refractivity contribution is 6.47. The molecule has 0 saturated heterocycles. The van der Waals surface area contributed by atoms with Crippen LogP contribution in [0.2, 0.25) is 5.54 Å². The van der Waals surface area contributed by atoms with Gasteiger partial charge in [0.25, 0.3) is 0 Å². The molecule has 0 aliphatic carbocycles. The largest absolute Gasteiger partial charge is 0.396 e. The molecule has 0 fully saturated rings. The Morgan fingerprint density at radius 2 is 1.60 bits per heavy atom. The maximum atomic E-state index is 5.84. The quantitative estimate of drug-likeness (QED) is 0.423. The Morgan fingerprint density at radius 1 is 1.07 bits per heavy atom. The molecule has 0 spiro atoms. The molecular formula is C12H26O2Si. The van der Waals surface area contributed by atoms with Crippen LogP contribution in [0.4, 0.5) is 0 Å². The molecule has 0 N–H and O–H groups in total. The minimum absolute atomic E-state index is 0.466. The predicted octanol–water partition coefficient (Wildman–Crippen LogP) is 3.42. The molecule has 90 valence electrons. The number of rotatable bonds is 10. The maximum absolute atomic E-state index is 5.84. The fourth-order valence-corrected chi connectivity index (χ4v) is 3.82. The molecule has 0 amide bonds. The lowest BCUT2D eigenvalue weighted by Gasteiger charge is -2.22. The fraction of sp³-hybridized carbons (Fsp3) is 0.833. The van der Waals surface area contributed by atoms with Gasteiger partial charge in [-0.05, 0) is 19.3 Å². The van der Waals surface area contributed by atoms with Gasteiger partial charge in [0.15, 0.2) is 0 Å². The first-order valence-electron chi connectivity index (χ1n) is 6.15. The zero-order valence-electron chi connectivity index (χ0n) is 10.5. The molecule has 1 atom stereocenters. The summed E-state index contributed by atoms with van der Waals surface area (Å²) >= 11 is 0. The van der Waals surface area contributed by atoms with Crippen molar-refractivity contribution >= 4 is 9.28 Å². The highest BCUT2D eigenvalue weighted by Crippen LogP contribution is 2.20. The van der Waals surface area contributed by atoms with Crippen molar-refractivity contribution in [1.82, 2.24) is 0 Å². The monoisotopic (exact) mass is 230 g/mol. The molecule has 0 radical (unpaired) electrons. The van der Waals surface area contributed by atoms with Crippen LogP contribution < -0.4 is 0 Å². The van der Waals surface area contributed by atoms with Crippen molar-refractivity contribution < 1.29 is 8.85 Å². The van der Waals surface area contributed by atoms with E-state index in [4.69, 9.17) is 8.85 Å². The van der Waals surface area contributed by atoms with Crippen LogP contribution in [-0.2, 0) is 8.85 Å². The van der Waals surface area contributed by atoms with Gasteiger partial charge in [-0.2, -0.15) is 0 Å². The summed E-state index contributed by atoms with van der Waals surface area (Å²) in [6.07, 6.45) is 6.47. The fourth-order valence-electron chi connectivity index (χ4n) is 1.46. The van der Waals surface area contributed by atoms with Crippen LogP contribution >= 0.6 is 0 Å². The van der Waals surface area contributed by atoms with Crippen LogP contribution in [-0.4, -0.2) is 22.5 Å². The molecule has 2 nitrogen and oxygen atoms in total. The summed E-state index contributed by atoms with van der Waals surface area (Å²) in [6.45, 7) is 12.0. The predicted molar refractivity (Wildman–Crippen MR) is 68.5 cm³/mol. The Labute approximate surface area is 96.5 Å². The van der Waals surface area contributed by atoms with E-state index in [0.717, 1.165) is 32.5 Å². The molecular weight excluding hydrogens is 204 g/mol. The summed E-state index contributed by atoms with van der Waals surface area (Å²) < 4.78 is 11.7. The van der Waals surface area contributed by atoms with Crippen LogP contribution in [0.1, 0.15) is 46.5 Å². The van der Waals surface area contributed by atoms with Crippen molar-refractivity contribution in [1.29, 1.82) is 0 Å². The van der Waals surface area contributed by atoms with Crippen molar-refractivity contribution in [2.75, 3.05) is 13.2 Å². The van der Waals surface area contributed by atoms with Crippen LogP contribution in [0.5, 0.6) is 0 Å². The average molecular weight is 230 g/mol. The normalized spacial score (nSPS) is 13.1. The third kappa shape index (κ3) is 6.87.